The molecular weight excluding hydrogens is 318 g/mol. The van der Waals surface area contributed by atoms with Gasteiger partial charge in [-0.05, 0) is 45.0 Å². The van der Waals surface area contributed by atoms with Gasteiger partial charge in [0.05, 0.1) is 18.5 Å². The van der Waals surface area contributed by atoms with Crippen molar-refractivity contribution in [2.24, 2.45) is 0 Å². The fourth-order valence-corrected chi connectivity index (χ4v) is 2.72. The normalized spacial score (nSPS) is 11.9. The predicted molar refractivity (Wildman–Crippen MR) is 91.9 cm³/mol. The maximum absolute atomic E-state index is 12.0. The summed E-state index contributed by atoms with van der Waals surface area (Å²) in [5, 5.41) is 0. The first-order chi connectivity index (χ1) is 10.4. The van der Waals surface area contributed by atoms with Gasteiger partial charge >= 0.3 is 6.09 Å². The van der Waals surface area contributed by atoms with Gasteiger partial charge in [0.2, 0.25) is 10.0 Å². The number of hydrogen-bond donors (Lipinski definition) is 1. The summed E-state index contributed by atoms with van der Waals surface area (Å²) >= 11 is 0. The van der Waals surface area contributed by atoms with Crippen LogP contribution in [-0.4, -0.2) is 51.4 Å². The molecule has 0 fully saturated rings. The van der Waals surface area contributed by atoms with Crippen LogP contribution in [0.15, 0.2) is 24.3 Å². The molecule has 1 amide bonds. The molecule has 1 rings (SSSR count). The minimum atomic E-state index is -3.47. The van der Waals surface area contributed by atoms with Gasteiger partial charge in [0.15, 0.2) is 0 Å². The number of ether oxygens (including phenoxy) is 1. The number of carbonyl (C=O) groups is 1. The van der Waals surface area contributed by atoms with Crippen LogP contribution in [0.3, 0.4) is 0 Å². The summed E-state index contributed by atoms with van der Waals surface area (Å²) in [5.41, 5.74) is 6.07. The van der Waals surface area contributed by atoms with E-state index in [0.29, 0.717) is 11.4 Å². The second kappa shape index (κ2) is 7.08. The standard InChI is InChI=1S/C15H25N3O4S/c1-15(2,3)22-14(19)17(4)10-11-18(23(5,20)21)13-8-6-12(16)7-9-13/h6-9H,10-11,16H2,1-5H3. The lowest BCUT2D eigenvalue weighted by atomic mass is 10.2. The second-order valence-electron chi connectivity index (χ2n) is 6.33. The minimum Gasteiger partial charge on any atom is -0.444 e. The number of sulfonamides is 1. The number of anilines is 2. The molecule has 7 nitrogen and oxygen atoms in total. The first-order valence-electron chi connectivity index (χ1n) is 7.17. The Labute approximate surface area is 138 Å². The lowest BCUT2D eigenvalue weighted by Gasteiger charge is -2.27. The van der Waals surface area contributed by atoms with Crippen LogP contribution in [0.4, 0.5) is 16.2 Å². The molecule has 23 heavy (non-hydrogen) atoms. The number of likely N-dealkylation sites (N-methyl/N-ethyl adjacent to an activating group) is 1. The maximum Gasteiger partial charge on any atom is 0.410 e. The number of nitrogen functional groups attached to an aromatic ring is 1. The average molecular weight is 343 g/mol. The number of amides is 1. The molecule has 1 aromatic rings. The van der Waals surface area contributed by atoms with Crippen molar-refractivity contribution < 1.29 is 17.9 Å². The van der Waals surface area contributed by atoms with Crippen LogP contribution in [0.25, 0.3) is 0 Å². The number of nitrogens with zero attached hydrogens (tertiary/aromatic N) is 2. The van der Waals surface area contributed by atoms with E-state index in [1.165, 1.54) is 9.21 Å². The van der Waals surface area contributed by atoms with E-state index in [-0.39, 0.29) is 13.1 Å². The van der Waals surface area contributed by atoms with E-state index in [2.05, 4.69) is 0 Å². The molecular formula is C15H25N3O4S. The van der Waals surface area contributed by atoms with Crippen molar-refractivity contribution in [3.63, 3.8) is 0 Å². The SMILES string of the molecule is CN(CCN(c1ccc(N)cc1)S(C)(=O)=O)C(=O)OC(C)(C)C. The summed E-state index contributed by atoms with van der Waals surface area (Å²) < 4.78 is 30.4. The molecule has 0 saturated carbocycles. The lowest BCUT2D eigenvalue weighted by molar-refractivity contribution is 0.0304. The zero-order valence-electron chi connectivity index (χ0n) is 14.2. The molecule has 130 valence electrons. The third-order valence-electron chi connectivity index (χ3n) is 2.93. The van der Waals surface area contributed by atoms with Gasteiger partial charge in [0.1, 0.15) is 5.60 Å². The molecule has 8 heteroatoms. The van der Waals surface area contributed by atoms with Crippen molar-refractivity contribution in [2.45, 2.75) is 26.4 Å². The molecule has 0 aliphatic carbocycles. The van der Waals surface area contributed by atoms with Crippen LogP contribution in [0, 0.1) is 0 Å². The van der Waals surface area contributed by atoms with Crippen molar-refractivity contribution >= 4 is 27.5 Å². The smallest absolute Gasteiger partial charge is 0.410 e. The molecule has 0 radical (unpaired) electrons. The third-order valence-corrected chi connectivity index (χ3v) is 4.12. The minimum absolute atomic E-state index is 0.124. The fourth-order valence-electron chi connectivity index (χ4n) is 1.80. The van der Waals surface area contributed by atoms with Crippen molar-refractivity contribution in [1.29, 1.82) is 0 Å². The zero-order valence-corrected chi connectivity index (χ0v) is 15.1. The molecule has 0 spiro atoms. The zero-order chi connectivity index (χ0) is 17.8. The predicted octanol–water partition coefficient (Wildman–Crippen LogP) is 1.90. The number of rotatable bonds is 5. The van der Waals surface area contributed by atoms with Gasteiger partial charge in [-0.2, -0.15) is 0 Å². The molecule has 1 aromatic carbocycles. The van der Waals surface area contributed by atoms with Crippen LogP contribution < -0.4 is 10.0 Å². The number of carbonyl (C=O) groups excluding carboxylic acids is 1. The Balaban J connectivity index is 2.80. The second-order valence-corrected chi connectivity index (χ2v) is 8.24. The molecule has 0 heterocycles. The maximum atomic E-state index is 12.0. The first-order valence-corrected chi connectivity index (χ1v) is 9.02. The Morgan fingerprint density at radius 1 is 1.17 bits per heavy atom. The third kappa shape index (κ3) is 6.35. The highest BCUT2D eigenvalue weighted by atomic mass is 32.2. The van der Waals surface area contributed by atoms with Crippen LogP contribution in [-0.2, 0) is 14.8 Å². The molecule has 0 aromatic heterocycles. The highest BCUT2D eigenvalue weighted by Crippen LogP contribution is 2.19. The van der Waals surface area contributed by atoms with Crippen molar-refractivity contribution in [2.75, 3.05) is 36.4 Å². The van der Waals surface area contributed by atoms with E-state index >= 15 is 0 Å². The Bertz CT molecular complexity index is 636. The van der Waals surface area contributed by atoms with E-state index in [0.717, 1.165) is 6.26 Å². The van der Waals surface area contributed by atoms with Crippen LogP contribution >= 0.6 is 0 Å². The highest BCUT2D eigenvalue weighted by molar-refractivity contribution is 7.92. The Morgan fingerprint density at radius 3 is 2.13 bits per heavy atom. The summed E-state index contributed by atoms with van der Waals surface area (Å²) in [4.78, 5) is 13.3. The Kier molecular flexibility index (Phi) is 5.87. The van der Waals surface area contributed by atoms with E-state index < -0.39 is 21.7 Å². The molecule has 0 unspecified atom stereocenters. The van der Waals surface area contributed by atoms with E-state index in [9.17, 15) is 13.2 Å². The largest absolute Gasteiger partial charge is 0.444 e. The molecule has 0 aliphatic heterocycles. The monoisotopic (exact) mass is 343 g/mol. The van der Waals surface area contributed by atoms with Gasteiger partial charge < -0.3 is 15.4 Å². The summed E-state index contributed by atoms with van der Waals surface area (Å²) in [6, 6.07) is 6.52. The van der Waals surface area contributed by atoms with Crippen LogP contribution in [0.2, 0.25) is 0 Å². The summed E-state index contributed by atoms with van der Waals surface area (Å²) in [5.74, 6) is 0. The van der Waals surface area contributed by atoms with Gasteiger partial charge in [0, 0.05) is 19.3 Å². The van der Waals surface area contributed by atoms with Gasteiger partial charge in [-0.1, -0.05) is 0 Å². The van der Waals surface area contributed by atoms with Crippen LogP contribution in [0.5, 0.6) is 0 Å². The molecule has 2 N–H and O–H groups in total. The van der Waals surface area contributed by atoms with E-state index in [1.807, 2.05) is 0 Å². The fraction of sp³-hybridized carbons (Fsp3) is 0.533. The summed E-state index contributed by atoms with van der Waals surface area (Å²) in [6.45, 7) is 5.65. The summed E-state index contributed by atoms with van der Waals surface area (Å²) in [7, 11) is -1.91. The topological polar surface area (TPSA) is 92.9 Å². The van der Waals surface area contributed by atoms with Gasteiger partial charge in [0.25, 0.3) is 0 Å². The Morgan fingerprint density at radius 2 is 1.70 bits per heavy atom. The van der Waals surface area contributed by atoms with E-state index in [1.54, 1.807) is 52.1 Å². The van der Waals surface area contributed by atoms with Crippen molar-refractivity contribution in [1.82, 2.24) is 4.90 Å². The number of benzene rings is 1. The molecule has 0 aliphatic rings. The Hall–Kier alpha value is -1.96. The summed E-state index contributed by atoms with van der Waals surface area (Å²) in [6.07, 6.45) is 0.625. The molecule has 0 atom stereocenters. The molecule has 0 bridgehead atoms. The lowest BCUT2D eigenvalue weighted by Crippen LogP contribution is -2.41. The van der Waals surface area contributed by atoms with Crippen LogP contribution in [0.1, 0.15) is 20.8 Å². The van der Waals surface area contributed by atoms with Gasteiger partial charge in [-0.15, -0.1) is 0 Å². The van der Waals surface area contributed by atoms with Crippen molar-refractivity contribution in [3.8, 4) is 0 Å². The van der Waals surface area contributed by atoms with Gasteiger partial charge in [-0.25, -0.2) is 13.2 Å². The number of nitrogens with two attached hydrogens (primary N) is 1. The van der Waals surface area contributed by atoms with Crippen molar-refractivity contribution in [3.05, 3.63) is 24.3 Å². The van der Waals surface area contributed by atoms with E-state index in [4.69, 9.17) is 10.5 Å². The quantitative estimate of drug-likeness (QED) is 0.824. The highest BCUT2D eigenvalue weighted by Gasteiger charge is 2.22. The first kappa shape index (κ1) is 19.1. The van der Waals surface area contributed by atoms with Gasteiger partial charge in [-0.3, -0.25) is 4.31 Å². The number of hydrogen-bond acceptors (Lipinski definition) is 5. The average Bonchev–Trinajstić information content (AvgIpc) is 2.37. The molecule has 0 saturated heterocycles.